The third kappa shape index (κ3) is 2.64. The SMILES string of the molecule is O=[N+]([O-])c1ccc2nc(CSc3nc4ccccc4o3)[nH]c2c1. The second-order valence-corrected chi connectivity index (χ2v) is 5.80. The molecule has 2 heterocycles. The van der Waals surface area contributed by atoms with Gasteiger partial charge in [-0.05, 0) is 18.2 Å². The maximum atomic E-state index is 10.8. The van der Waals surface area contributed by atoms with Crippen molar-refractivity contribution in [3.8, 4) is 0 Å². The monoisotopic (exact) mass is 326 g/mol. The molecule has 0 atom stereocenters. The first-order chi connectivity index (χ1) is 11.2. The predicted octanol–water partition coefficient (Wildman–Crippen LogP) is 3.90. The Kier molecular flexibility index (Phi) is 3.23. The number of hydrogen-bond acceptors (Lipinski definition) is 6. The average molecular weight is 326 g/mol. The van der Waals surface area contributed by atoms with Gasteiger partial charge in [0, 0.05) is 12.1 Å². The van der Waals surface area contributed by atoms with Crippen molar-refractivity contribution >= 4 is 39.6 Å². The zero-order chi connectivity index (χ0) is 15.8. The predicted molar refractivity (Wildman–Crippen MR) is 86.3 cm³/mol. The van der Waals surface area contributed by atoms with Crippen molar-refractivity contribution < 1.29 is 9.34 Å². The number of non-ortho nitro benzene ring substituents is 1. The first-order valence-corrected chi connectivity index (χ1v) is 7.79. The second-order valence-electron chi connectivity index (χ2n) is 4.88. The highest BCUT2D eigenvalue weighted by Gasteiger charge is 2.11. The van der Waals surface area contributed by atoms with Gasteiger partial charge in [0.15, 0.2) is 5.58 Å². The molecule has 114 valence electrons. The summed E-state index contributed by atoms with van der Waals surface area (Å²) in [5.74, 6) is 1.25. The Labute approximate surface area is 133 Å². The van der Waals surface area contributed by atoms with Crippen LogP contribution in [0.25, 0.3) is 22.1 Å². The largest absolute Gasteiger partial charge is 0.431 e. The van der Waals surface area contributed by atoms with E-state index in [2.05, 4.69) is 15.0 Å². The van der Waals surface area contributed by atoms with Crippen LogP contribution in [0.2, 0.25) is 0 Å². The number of rotatable bonds is 4. The number of nitrogens with zero attached hydrogens (tertiary/aromatic N) is 3. The smallest absolute Gasteiger partial charge is 0.271 e. The summed E-state index contributed by atoms with van der Waals surface area (Å²) in [7, 11) is 0. The Morgan fingerprint density at radius 2 is 2.04 bits per heavy atom. The molecule has 0 amide bonds. The minimum atomic E-state index is -0.424. The van der Waals surface area contributed by atoms with Crippen molar-refractivity contribution in [2.24, 2.45) is 0 Å². The van der Waals surface area contributed by atoms with Crippen LogP contribution < -0.4 is 0 Å². The van der Waals surface area contributed by atoms with Crippen LogP contribution in [0.1, 0.15) is 5.82 Å². The molecule has 0 aliphatic carbocycles. The molecule has 1 N–H and O–H groups in total. The van der Waals surface area contributed by atoms with Crippen molar-refractivity contribution in [3.05, 3.63) is 58.4 Å². The Morgan fingerprint density at radius 3 is 2.87 bits per heavy atom. The van der Waals surface area contributed by atoms with Gasteiger partial charge in [-0.2, -0.15) is 0 Å². The third-order valence-corrected chi connectivity index (χ3v) is 4.17. The molecule has 0 aliphatic rings. The lowest BCUT2D eigenvalue weighted by Crippen LogP contribution is -1.86. The van der Waals surface area contributed by atoms with E-state index in [1.807, 2.05) is 24.3 Å². The van der Waals surface area contributed by atoms with E-state index in [0.29, 0.717) is 27.8 Å². The Balaban J connectivity index is 1.56. The van der Waals surface area contributed by atoms with Gasteiger partial charge in [0.1, 0.15) is 11.3 Å². The van der Waals surface area contributed by atoms with Gasteiger partial charge in [-0.3, -0.25) is 10.1 Å². The van der Waals surface area contributed by atoms with Crippen LogP contribution in [0.15, 0.2) is 52.1 Å². The van der Waals surface area contributed by atoms with Crippen LogP contribution in [0, 0.1) is 10.1 Å². The maximum absolute atomic E-state index is 10.8. The minimum absolute atomic E-state index is 0.0410. The number of oxazole rings is 1. The summed E-state index contributed by atoms with van der Waals surface area (Å²) in [6.45, 7) is 0. The number of nitro benzene ring substituents is 1. The van der Waals surface area contributed by atoms with Crippen molar-refractivity contribution in [1.82, 2.24) is 15.0 Å². The number of fused-ring (bicyclic) bond motifs is 2. The molecule has 8 heteroatoms. The van der Waals surface area contributed by atoms with Gasteiger partial charge < -0.3 is 9.40 Å². The lowest BCUT2D eigenvalue weighted by Gasteiger charge is -1.91. The molecule has 2 aromatic carbocycles. The average Bonchev–Trinajstić information content (AvgIpc) is 3.14. The number of hydrogen-bond donors (Lipinski definition) is 1. The van der Waals surface area contributed by atoms with Gasteiger partial charge in [-0.25, -0.2) is 9.97 Å². The van der Waals surface area contributed by atoms with Crippen LogP contribution in [-0.4, -0.2) is 19.9 Å². The van der Waals surface area contributed by atoms with Gasteiger partial charge >= 0.3 is 0 Å². The minimum Gasteiger partial charge on any atom is -0.431 e. The van der Waals surface area contributed by atoms with E-state index in [1.54, 1.807) is 6.07 Å². The fraction of sp³-hybridized carbons (Fsp3) is 0.0667. The number of benzene rings is 2. The number of imidazole rings is 1. The fourth-order valence-corrected chi connectivity index (χ4v) is 2.98. The molecule has 0 saturated heterocycles. The molecule has 0 fully saturated rings. The fourth-order valence-electron chi connectivity index (χ4n) is 2.28. The Bertz CT molecular complexity index is 991. The highest BCUT2D eigenvalue weighted by atomic mass is 32.2. The number of aromatic amines is 1. The van der Waals surface area contributed by atoms with Crippen LogP contribution in [-0.2, 0) is 5.75 Å². The molecule has 0 bridgehead atoms. The molecule has 2 aromatic heterocycles. The van der Waals surface area contributed by atoms with Gasteiger partial charge in [-0.15, -0.1) is 0 Å². The van der Waals surface area contributed by atoms with Gasteiger partial charge in [-0.1, -0.05) is 23.9 Å². The van der Waals surface area contributed by atoms with E-state index < -0.39 is 4.92 Å². The summed E-state index contributed by atoms with van der Waals surface area (Å²) in [5.41, 5.74) is 2.95. The molecular weight excluding hydrogens is 316 g/mol. The van der Waals surface area contributed by atoms with E-state index in [-0.39, 0.29) is 5.69 Å². The van der Waals surface area contributed by atoms with Crippen molar-refractivity contribution in [1.29, 1.82) is 0 Å². The topological polar surface area (TPSA) is 97.8 Å². The van der Waals surface area contributed by atoms with E-state index in [1.165, 1.54) is 23.9 Å². The van der Waals surface area contributed by atoms with Gasteiger partial charge in [0.25, 0.3) is 10.9 Å². The molecule has 4 aromatic rings. The third-order valence-electron chi connectivity index (χ3n) is 3.33. The van der Waals surface area contributed by atoms with E-state index in [0.717, 1.165) is 11.1 Å². The molecule has 23 heavy (non-hydrogen) atoms. The first kappa shape index (κ1) is 13.8. The molecule has 0 spiro atoms. The summed E-state index contributed by atoms with van der Waals surface area (Å²) in [6.07, 6.45) is 0. The van der Waals surface area contributed by atoms with Crippen molar-refractivity contribution in [3.63, 3.8) is 0 Å². The summed E-state index contributed by atoms with van der Waals surface area (Å²) in [5, 5.41) is 11.4. The van der Waals surface area contributed by atoms with Crippen LogP contribution >= 0.6 is 11.8 Å². The van der Waals surface area contributed by atoms with E-state index in [4.69, 9.17) is 4.42 Å². The first-order valence-electron chi connectivity index (χ1n) is 6.80. The molecule has 4 rings (SSSR count). The Morgan fingerprint density at radius 1 is 1.17 bits per heavy atom. The number of nitro groups is 1. The zero-order valence-electron chi connectivity index (χ0n) is 11.7. The molecule has 0 saturated carbocycles. The summed E-state index contributed by atoms with van der Waals surface area (Å²) >= 11 is 1.42. The molecule has 0 radical (unpaired) electrons. The lowest BCUT2D eigenvalue weighted by atomic mass is 10.3. The number of thioether (sulfide) groups is 1. The van der Waals surface area contributed by atoms with Crippen LogP contribution in [0.4, 0.5) is 5.69 Å². The van der Waals surface area contributed by atoms with Crippen molar-refractivity contribution in [2.75, 3.05) is 0 Å². The van der Waals surface area contributed by atoms with E-state index in [9.17, 15) is 10.1 Å². The molecular formula is C15H10N4O3S. The number of H-pyrrole nitrogens is 1. The molecule has 0 aliphatic heterocycles. The highest BCUT2D eigenvalue weighted by Crippen LogP contribution is 2.26. The normalized spacial score (nSPS) is 11.3. The molecule has 7 nitrogen and oxygen atoms in total. The maximum Gasteiger partial charge on any atom is 0.271 e. The Hall–Kier alpha value is -2.87. The standard InChI is InChI=1S/C15H10N4O3S/c20-19(21)9-5-6-10-12(7-9)17-14(16-10)8-23-15-18-11-3-1-2-4-13(11)22-15/h1-7H,8H2,(H,16,17). The summed E-state index contributed by atoms with van der Waals surface area (Å²) in [6, 6.07) is 12.1. The molecule has 0 unspecified atom stereocenters. The summed E-state index contributed by atoms with van der Waals surface area (Å²) < 4.78 is 5.64. The van der Waals surface area contributed by atoms with Crippen LogP contribution in [0.3, 0.4) is 0 Å². The zero-order valence-corrected chi connectivity index (χ0v) is 12.5. The van der Waals surface area contributed by atoms with Crippen LogP contribution in [0.5, 0.6) is 0 Å². The quantitative estimate of drug-likeness (QED) is 0.347. The lowest BCUT2D eigenvalue weighted by molar-refractivity contribution is -0.384. The van der Waals surface area contributed by atoms with E-state index >= 15 is 0 Å². The van der Waals surface area contributed by atoms with Gasteiger partial charge in [0.05, 0.1) is 21.7 Å². The van der Waals surface area contributed by atoms with Crippen molar-refractivity contribution in [2.45, 2.75) is 11.0 Å². The number of nitrogens with one attached hydrogen (secondary N) is 1. The summed E-state index contributed by atoms with van der Waals surface area (Å²) in [4.78, 5) is 22.3. The highest BCUT2D eigenvalue weighted by molar-refractivity contribution is 7.98. The number of para-hydroxylation sites is 2. The second kappa shape index (κ2) is 5.40. The van der Waals surface area contributed by atoms with Gasteiger partial charge in [0.2, 0.25) is 0 Å². The number of aromatic nitrogens is 3.